The Labute approximate surface area is 161 Å². The molecule has 1 aromatic rings. The molecule has 0 radical (unpaired) electrons. The lowest BCUT2D eigenvalue weighted by Crippen LogP contribution is -2.41. The summed E-state index contributed by atoms with van der Waals surface area (Å²) in [5.41, 5.74) is -1.00. The normalized spacial score (nSPS) is 18.0. The average Bonchev–Trinajstić information content (AvgIpc) is 3.01. The Balaban J connectivity index is 0.00000312. The molecule has 0 spiro atoms. The molecule has 0 aliphatic carbocycles. The summed E-state index contributed by atoms with van der Waals surface area (Å²) in [5.74, 6) is -0.0433. The Kier molecular flexibility index (Phi) is 8.39. The first-order valence-electron chi connectivity index (χ1n) is 7.66. The molecule has 4 nitrogen and oxygen atoms in total. The summed E-state index contributed by atoms with van der Waals surface area (Å²) in [7, 11) is 3.39. The number of guanidine groups is 1. The van der Waals surface area contributed by atoms with E-state index in [1.54, 1.807) is 7.05 Å². The van der Waals surface area contributed by atoms with Crippen LogP contribution in [0.4, 0.5) is 17.6 Å². The molecule has 0 saturated carbocycles. The molecule has 142 valence electrons. The Morgan fingerprint density at radius 3 is 2.68 bits per heavy atom. The lowest BCUT2D eigenvalue weighted by Gasteiger charge is -2.25. The summed E-state index contributed by atoms with van der Waals surface area (Å²) in [5, 5.41) is 2.90. The molecule has 2 rings (SSSR count). The fourth-order valence-corrected chi connectivity index (χ4v) is 2.73. The molecule has 1 atom stereocenters. The summed E-state index contributed by atoms with van der Waals surface area (Å²) in [6, 6.07) is 2.68. The molecule has 1 heterocycles. The van der Waals surface area contributed by atoms with Crippen LogP contribution in [-0.4, -0.2) is 44.7 Å². The predicted octanol–water partition coefficient (Wildman–Crippen LogP) is 3.51. The van der Waals surface area contributed by atoms with E-state index in [0.717, 1.165) is 25.2 Å². The van der Waals surface area contributed by atoms with E-state index >= 15 is 0 Å². The third-order valence-electron chi connectivity index (χ3n) is 3.94. The highest BCUT2D eigenvalue weighted by molar-refractivity contribution is 14.0. The summed E-state index contributed by atoms with van der Waals surface area (Å²) in [6.07, 6.45) is -3.65. The molecule has 1 aliphatic heterocycles. The van der Waals surface area contributed by atoms with Crippen LogP contribution >= 0.6 is 24.0 Å². The van der Waals surface area contributed by atoms with E-state index in [-0.39, 0.29) is 36.1 Å². The topological polar surface area (TPSA) is 36.9 Å². The van der Waals surface area contributed by atoms with Gasteiger partial charge in [-0.05, 0) is 24.1 Å². The van der Waals surface area contributed by atoms with Crippen LogP contribution in [0.25, 0.3) is 0 Å². The van der Waals surface area contributed by atoms with Crippen molar-refractivity contribution >= 4 is 29.9 Å². The lowest BCUT2D eigenvalue weighted by molar-refractivity contribution is -0.138. The molecular formula is C16H22F4IN3O. The van der Waals surface area contributed by atoms with Gasteiger partial charge in [0.05, 0.1) is 12.2 Å². The van der Waals surface area contributed by atoms with Gasteiger partial charge < -0.3 is 15.0 Å². The summed E-state index contributed by atoms with van der Waals surface area (Å²) in [6.45, 7) is 2.02. The van der Waals surface area contributed by atoms with Gasteiger partial charge in [-0.3, -0.25) is 4.99 Å². The Morgan fingerprint density at radius 2 is 2.12 bits per heavy atom. The molecule has 0 bridgehead atoms. The van der Waals surface area contributed by atoms with Crippen molar-refractivity contribution < 1.29 is 22.3 Å². The van der Waals surface area contributed by atoms with Gasteiger partial charge in [-0.25, -0.2) is 4.39 Å². The molecule has 1 aliphatic rings. The number of rotatable bonds is 4. The van der Waals surface area contributed by atoms with Gasteiger partial charge in [-0.2, -0.15) is 13.2 Å². The van der Waals surface area contributed by atoms with Crippen LogP contribution in [0.1, 0.15) is 17.5 Å². The molecule has 1 aromatic carbocycles. The number of hydrogen-bond donors (Lipinski definition) is 1. The minimum Gasteiger partial charge on any atom is -0.381 e. The number of hydrogen-bond acceptors (Lipinski definition) is 2. The van der Waals surface area contributed by atoms with Gasteiger partial charge in [-0.15, -0.1) is 24.0 Å². The fraction of sp³-hybridized carbons (Fsp3) is 0.562. The molecule has 25 heavy (non-hydrogen) atoms. The van der Waals surface area contributed by atoms with Crippen molar-refractivity contribution in [2.75, 3.05) is 33.9 Å². The number of ether oxygens (including phenoxy) is 1. The first-order chi connectivity index (χ1) is 11.3. The van der Waals surface area contributed by atoms with E-state index in [1.807, 2.05) is 11.9 Å². The third-order valence-corrected chi connectivity index (χ3v) is 3.94. The summed E-state index contributed by atoms with van der Waals surface area (Å²) >= 11 is 0. The molecule has 1 saturated heterocycles. The van der Waals surface area contributed by atoms with Crippen molar-refractivity contribution in [3.63, 3.8) is 0 Å². The highest BCUT2D eigenvalue weighted by Gasteiger charge is 2.33. The standard InChI is InChI=1S/C16H21F4N3O.HI/c1-21-15(23(2)9-11-5-6-24-10-11)22-8-12-3-4-13(17)7-14(12)16(18,19)20;/h3-4,7,11H,5-6,8-10H2,1-2H3,(H,21,22);1H. The van der Waals surface area contributed by atoms with E-state index in [9.17, 15) is 17.6 Å². The highest BCUT2D eigenvalue weighted by Crippen LogP contribution is 2.32. The van der Waals surface area contributed by atoms with Gasteiger partial charge in [0.2, 0.25) is 0 Å². The van der Waals surface area contributed by atoms with Crippen LogP contribution in [0.2, 0.25) is 0 Å². The number of benzene rings is 1. The van der Waals surface area contributed by atoms with Crippen LogP contribution in [0, 0.1) is 11.7 Å². The van der Waals surface area contributed by atoms with Crippen LogP contribution in [0.3, 0.4) is 0 Å². The number of nitrogens with zero attached hydrogens (tertiary/aromatic N) is 2. The van der Waals surface area contributed by atoms with Crippen LogP contribution in [0.15, 0.2) is 23.2 Å². The zero-order valence-corrected chi connectivity index (χ0v) is 16.4. The molecule has 1 unspecified atom stereocenters. The summed E-state index contributed by atoms with van der Waals surface area (Å²) < 4.78 is 57.5. The van der Waals surface area contributed by atoms with Crippen molar-refractivity contribution in [1.82, 2.24) is 10.2 Å². The quantitative estimate of drug-likeness (QED) is 0.314. The second kappa shape index (κ2) is 9.56. The number of aliphatic imine (C=N–C) groups is 1. The predicted molar refractivity (Wildman–Crippen MR) is 98.6 cm³/mol. The van der Waals surface area contributed by atoms with Gasteiger partial charge in [0.1, 0.15) is 5.82 Å². The van der Waals surface area contributed by atoms with Gasteiger partial charge in [0, 0.05) is 39.7 Å². The summed E-state index contributed by atoms with van der Waals surface area (Å²) in [4.78, 5) is 5.95. The first-order valence-corrected chi connectivity index (χ1v) is 7.66. The van der Waals surface area contributed by atoms with Crippen molar-refractivity contribution in [3.05, 3.63) is 35.1 Å². The van der Waals surface area contributed by atoms with E-state index in [4.69, 9.17) is 4.74 Å². The van der Waals surface area contributed by atoms with Gasteiger partial charge in [0.25, 0.3) is 0 Å². The maximum Gasteiger partial charge on any atom is 0.416 e. The number of alkyl halides is 3. The zero-order chi connectivity index (χ0) is 17.7. The fourth-order valence-electron chi connectivity index (χ4n) is 2.73. The molecule has 9 heteroatoms. The van der Waals surface area contributed by atoms with Gasteiger partial charge in [0.15, 0.2) is 5.96 Å². The van der Waals surface area contributed by atoms with E-state index in [2.05, 4.69) is 10.3 Å². The smallest absolute Gasteiger partial charge is 0.381 e. The van der Waals surface area contributed by atoms with Crippen molar-refractivity contribution in [2.45, 2.75) is 19.1 Å². The monoisotopic (exact) mass is 475 g/mol. The highest BCUT2D eigenvalue weighted by atomic mass is 127. The average molecular weight is 475 g/mol. The minimum absolute atomic E-state index is 0. The van der Waals surface area contributed by atoms with E-state index < -0.39 is 17.6 Å². The molecular weight excluding hydrogens is 453 g/mol. The second-order valence-electron chi connectivity index (χ2n) is 5.81. The number of nitrogens with one attached hydrogen (secondary N) is 1. The minimum atomic E-state index is -4.60. The van der Waals surface area contributed by atoms with E-state index in [0.29, 0.717) is 31.1 Å². The lowest BCUT2D eigenvalue weighted by atomic mass is 10.1. The van der Waals surface area contributed by atoms with Crippen molar-refractivity contribution in [2.24, 2.45) is 10.9 Å². The van der Waals surface area contributed by atoms with E-state index in [1.165, 1.54) is 0 Å². The Hall–Kier alpha value is -1.10. The van der Waals surface area contributed by atoms with Gasteiger partial charge in [-0.1, -0.05) is 6.07 Å². The zero-order valence-electron chi connectivity index (χ0n) is 14.1. The molecule has 1 N–H and O–H groups in total. The Morgan fingerprint density at radius 1 is 1.40 bits per heavy atom. The second-order valence-corrected chi connectivity index (χ2v) is 5.81. The SMILES string of the molecule is CN=C(NCc1ccc(F)cc1C(F)(F)F)N(C)CC1CCOC1.I. The maximum atomic E-state index is 13.1. The van der Waals surface area contributed by atoms with Crippen molar-refractivity contribution in [1.29, 1.82) is 0 Å². The van der Waals surface area contributed by atoms with Gasteiger partial charge >= 0.3 is 6.18 Å². The molecule has 0 aromatic heterocycles. The largest absolute Gasteiger partial charge is 0.416 e. The van der Waals surface area contributed by atoms with Crippen LogP contribution in [0.5, 0.6) is 0 Å². The molecule has 1 fully saturated rings. The molecule has 0 amide bonds. The van der Waals surface area contributed by atoms with Crippen molar-refractivity contribution in [3.8, 4) is 0 Å². The first kappa shape index (κ1) is 21.9. The Bertz CT molecular complexity index is 589. The maximum absolute atomic E-state index is 13.1. The van der Waals surface area contributed by atoms with Crippen LogP contribution < -0.4 is 5.32 Å². The van der Waals surface area contributed by atoms with Crippen LogP contribution in [-0.2, 0) is 17.5 Å². The number of halogens is 5. The third kappa shape index (κ3) is 6.28.